The first-order valence-electron chi connectivity index (χ1n) is 9.79. The molecule has 8 nitrogen and oxygen atoms in total. The molecule has 2 heterocycles. The number of aromatic nitrogens is 3. The molecule has 9 heteroatoms. The molecule has 3 rings (SSSR count). The maximum atomic E-state index is 12.2. The summed E-state index contributed by atoms with van der Waals surface area (Å²) in [6.07, 6.45) is 10.2. The summed E-state index contributed by atoms with van der Waals surface area (Å²) in [5.41, 5.74) is 0.768. The number of rotatable bonds is 8. The summed E-state index contributed by atoms with van der Waals surface area (Å²) in [6.45, 7) is 0.0406. The maximum absolute atomic E-state index is 12.2. The van der Waals surface area contributed by atoms with Crippen molar-refractivity contribution in [2.45, 2.75) is 50.6 Å². The minimum absolute atomic E-state index is 0.0406. The minimum atomic E-state index is -0.410. The van der Waals surface area contributed by atoms with Gasteiger partial charge in [0.1, 0.15) is 0 Å². The van der Waals surface area contributed by atoms with Crippen molar-refractivity contribution in [1.29, 1.82) is 0 Å². The van der Waals surface area contributed by atoms with Crippen LogP contribution in [0.15, 0.2) is 24.4 Å². The van der Waals surface area contributed by atoms with Crippen molar-refractivity contribution in [3.05, 3.63) is 30.2 Å². The lowest BCUT2D eigenvalue weighted by molar-refractivity contribution is -0.119. The zero-order chi connectivity index (χ0) is 19.8. The van der Waals surface area contributed by atoms with Crippen molar-refractivity contribution in [1.82, 2.24) is 30.5 Å². The summed E-state index contributed by atoms with van der Waals surface area (Å²) in [5, 5.41) is 17.0. The van der Waals surface area contributed by atoms with E-state index in [1.54, 1.807) is 11.8 Å². The van der Waals surface area contributed by atoms with Gasteiger partial charge in [0.05, 0.1) is 12.6 Å². The molecular weight excluding hydrogens is 376 g/mol. The molecule has 0 bridgehead atoms. The summed E-state index contributed by atoms with van der Waals surface area (Å²) in [5.74, 6) is 1.34. The van der Waals surface area contributed by atoms with Gasteiger partial charge in [0.25, 0.3) is 0 Å². The lowest BCUT2D eigenvalue weighted by Gasteiger charge is -2.22. The summed E-state index contributed by atoms with van der Waals surface area (Å²) in [7, 11) is 0. The fourth-order valence-corrected chi connectivity index (χ4v) is 3.98. The van der Waals surface area contributed by atoms with E-state index < -0.39 is 6.03 Å². The second-order valence-corrected chi connectivity index (χ2v) is 8.04. The van der Waals surface area contributed by atoms with Gasteiger partial charge in [-0.05, 0) is 43.4 Å². The SMILES string of the molecule is CSCCC(NCC(=O)NC(=O)NC1CCCCC1)c1nnc2ccccn12. The largest absolute Gasteiger partial charge is 0.335 e. The number of pyridine rings is 1. The molecule has 1 atom stereocenters. The van der Waals surface area contributed by atoms with Crippen LogP contribution in [0.4, 0.5) is 4.79 Å². The molecule has 1 saturated carbocycles. The first-order valence-corrected chi connectivity index (χ1v) is 11.2. The van der Waals surface area contributed by atoms with Crippen LogP contribution in [-0.4, -0.2) is 51.1 Å². The van der Waals surface area contributed by atoms with Crippen LogP contribution < -0.4 is 16.0 Å². The number of thioether (sulfide) groups is 1. The molecule has 3 amide bonds. The Morgan fingerprint density at radius 1 is 1.25 bits per heavy atom. The van der Waals surface area contributed by atoms with E-state index >= 15 is 0 Å². The highest BCUT2D eigenvalue weighted by atomic mass is 32.2. The van der Waals surface area contributed by atoms with E-state index in [0.717, 1.165) is 49.3 Å². The molecule has 1 unspecified atom stereocenters. The number of hydrogen-bond acceptors (Lipinski definition) is 6. The van der Waals surface area contributed by atoms with Gasteiger partial charge in [0, 0.05) is 12.2 Å². The predicted octanol–water partition coefficient (Wildman–Crippen LogP) is 2.27. The van der Waals surface area contributed by atoms with Crippen LogP contribution in [0, 0.1) is 0 Å². The molecule has 2 aromatic rings. The molecule has 0 spiro atoms. The molecule has 0 radical (unpaired) electrons. The third kappa shape index (κ3) is 5.68. The van der Waals surface area contributed by atoms with Crippen molar-refractivity contribution in [2.24, 2.45) is 0 Å². The van der Waals surface area contributed by atoms with Crippen molar-refractivity contribution in [3.63, 3.8) is 0 Å². The minimum Gasteiger partial charge on any atom is -0.335 e. The number of nitrogens with zero attached hydrogens (tertiary/aromatic N) is 3. The molecule has 1 fully saturated rings. The highest BCUT2D eigenvalue weighted by Crippen LogP contribution is 2.18. The van der Waals surface area contributed by atoms with Crippen LogP contribution in [0.1, 0.15) is 50.4 Å². The summed E-state index contributed by atoms with van der Waals surface area (Å²) in [6, 6.07) is 5.37. The monoisotopic (exact) mass is 404 g/mol. The van der Waals surface area contributed by atoms with Gasteiger partial charge in [-0.2, -0.15) is 11.8 Å². The van der Waals surface area contributed by atoms with Gasteiger partial charge in [0.2, 0.25) is 5.91 Å². The van der Waals surface area contributed by atoms with Crippen molar-refractivity contribution in [2.75, 3.05) is 18.6 Å². The van der Waals surface area contributed by atoms with Gasteiger partial charge in [-0.15, -0.1) is 10.2 Å². The Morgan fingerprint density at radius 2 is 2.07 bits per heavy atom. The van der Waals surface area contributed by atoms with Gasteiger partial charge in [-0.3, -0.25) is 19.8 Å². The number of nitrogens with one attached hydrogen (secondary N) is 3. The van der Waals surface area contributed by atoms with E-state index in [9.17, 15) is 9.59 Å². The molecule has 1 aliphatic rings. The second-order valence-electron chi connectivity index (χ2n) is 7.06. The molecule has 0 aliphatic heterocycles. The number of carbonyl (C=O) groups excluding carboxylic acids is 2. The van der Waals surface area contributed by atoms with E-state index in [-0.39, 0.29) is 24.5 Å². The number of carbonyl (C=O) groups is 2. The van der Waals surface area contributed by atoms with E-state index in [0.29, 0.717) is 0 Å². The average Bonchev–Trinajstić information content (AvgIpc) is 3.13. The second kappa shape index (κ2) is 10.4. The van der Waals surface area contributed by atoms with Gasteiger partial charge < -0.3 is 5.32 Å². The lowest BCUT2D eigenvalue weighted by atomic mass is 9.96. The topological polar surface area (TPSA) is 100 Å². The fraction of sp³-hybridized carbons (Fsp3) is 0.579. The van der Waals surface area contributed by atoms with Gasteiger partial charge >= 0.3 is 6.03 Å². The fourth-order valence-electron chi connectivity index (χ4n) is 3.51. The Bertz CT molecular complexity index is 790. The summed E-state index contributed by atoms with van der Waals surface area (Å²) >= 11 is 1.73. The number of hydrogen-bond donors (Lipinski definition) is 3. The van der Waals surface area contributed by atoms with E-state index in [1.165, 1.54) is 6.42 Å². The zero-order valence-electron chi connectivity index (χ0n) is 16.2. The number of imide groups is 1. The maximum Gasteiger partial charge on any atom is 0.321 e. The Kier molecular flexibility index (Phi) is 7.67. The Hall–Kier alpha value is -2.13. The van der Waals surface area contributed by atoms with E-state index in [4.69, 9.17) is 0 Å². The first kappa shape index (κ1) is 20.6. The first-order chi connectivity index (χ1) is 13.7. The molecule has 0 saturated heterocycles. The number of amides is 3. The molecule has 2 aromatic heterocycles. The van der Waals surface area contributed by atoms with Gasteiger partial charge in [-0.25, -0.2) is 4.79 Å². The number of fused-ring (bicyclic) bond motifs is 1. The third-order valence-corrected chi connectivity index (χ3v) is 5.61. The van der Waals surface area contributed by atoms with Crippen molar-refractivity contribution < 1.29 is 9.59 Å². The molecule has 3 N–H and O–H groups in total. The van der Waals surface area contributed by atoms with Crippen LogP contribution in [0.25, 0.3) is 5.65 Å². The van der Waals surface area contributed by atoms with Crippen molar-refractivity contribution >= 4 is 29.3 Å². The molecule has 1 aliphatic carbocycles. The third-order valence-electron chi connectivity index (χ3n) is 4.96. The smallest absolute Gasteiger partial charge is 0.321 e. The number of urea groups is 1. The van der Waals surface area contributed by atoms with Crippen LogP contribution in [-0.2, 0) is 4.79 Å². The molecule has 0 aromatic carbocycles. The highest BCUT2D eigenvalue weighted by Gasteiger charge is 2.20. The summed E-state index contributed by atoms with van der Waals surface area (Å²) in [4.78, 5) is 24.3. The highest BCUT2D eigenvalue weighted by molar-refractivity contribution is 7.98. The predicted molar refractivity (Wildman–Crippen MR) is 110 cm³/mol. The van der Waals surface area contributed by atoms with Crippen LogP contribution in [0.3, 0.4) is 0 Å². The van der Waals surface area contributed by atoms with Gasteiger partial charge in [-0.1, -0.05) is 25.3 Å². The lowest BCUT2D eigenvalue weighted by Crippen LogP contribution is -2.47. The standard InChI is InChI=1S/C19H28N6O2S/c1-28-12-10-15(18-24-23-16-9-5-6-11-25(16)18)20-13-17(26)22-19(27)21-14-7-3-2-4-8-14/h5-6,9,11,14-15,20H,2-4,7-8,10,12-13H2,1H3,(H2,21,22,26,27). The van der Waals surface area contributed by atoms with E-state index in [2.05, 4.69) is 26.1 Å². The Morgan fingerprint density at radius 3 is 2.86 bits per heavy atom. The van der Waals surface area contributed by atoms with Crippen LogP contribution in [0.5, 0.6) is 0 Å². The Labute approximate surface area is 169 Å². The van der Waals surface area contributed by atoms with Gasteiger partial charge in [0.15, 0.2) is 11.5 Å². The summed E-state index contributed by atoms with van der Waals surface area (Å²) < 4.78 is 1.92. The van der Waals surface area contributed by atoms with Crippen LogP contribution >= 0.6 is 11.8 Å². The average molecular weight is 405 g/mol. The molecule has 152 valence electrons. The Balaban J connectivity index is 1.54. The molecule has 28 heavy (non-hydrogen) atoms. The van der Waals surface area contributed by atoms with E-state index in [1.807, 2.05) is 35.1 Å². The van der Waals surface area contributed by atoms with Crippen molar-refractivity contribution in [3.8, 4) is 0 Å². The molecular formula is C19H28N6O2S. The van der Waals surface area contributed by atoms with Crippen LogP contribution in [0.2, 0.25) is 0 Å². The quantitative estimate of drug-likeness (QED) is 0.624. The zero-order valence-corrected chi connectivity index (χ0v) is 17.0. The normalized spacial score (nSPS) is 16.0.